The molecule has 1 N–H and O–H groups in total. The highest BCUT2D eigenvalue weighted by Gasteiger charge is 2.26. The predicted molar refractivity (Wildman–Crippen MR) is 123 cm³/mol. The van der Waals surface area contributed by atoms with Gasteiger partial charge in [0, 0.05) is 43.8 Å². The summed E-state index contributed by atoms with van der Waals surface area (Å²) in [6.45, 7) is 4.43. The van der Waals surface area contributed by atoms with Crippen LogP contribution < -0.4 is 5.32 Å². The highest BCUT2D eigenvalue weighted by atomic mass is 32.1. The minimum atomic E-state index is 0.459. The molecule has 0 spiro atoms. The van der Waals surface area contributed by atoms with Crippen LogP contribution in [0.25, 0.3) is 16.6 Å². The molecule has 0 bridgehead atoms. The summed E-state index contributed by atoms with van der Waals surface area (Å²) in [5.41, 5.74) is 4.25. The Morgan fingerprint density at radius 3 is 2.90 bits per heavy atom. The first-order valence-electron chi connectivity index (χ1n) is 10.9. The van der Waals surface area contributed by atoms with Gasteiger partial charge in [0.25, 0.3) is 0 Å². The first kappa shape index (κ1) is 20.9. The van der Waals surface area contributed by atoms with Crippen LogP contribution in [0.3, 0.4) is 0 Å². The second-order valence-electron chi connectivity index (χ2n) is 7.98. The SMILES string of the molecule is CCc1ccc2c(c1)cc(CN(C(=S)NCCCOC)C1CCCC1)c1nnnn12. The summed E-state index contributed by atoms with van der Waals surface area (Å²) in [4.78, 5) is 2.34. The van der Waals surface area contributed by atoms with Crippen LogP contribution in [-0.4, -0.2) is 56.4 Å². The van der Waals surface area contributed by atoms with Gasteiger partial charge in [-0.2, -0.15) is 4.52 Å². The van der Waals surface area contributed by atoms with Crippen molar-refractivity contribution in [2.24, 2.45) is 0 Å². The maximum Gasteiger partial charge on any atom is 0.184 e. The third-order valence-electron chi connectivity index (χ3n) is 5.98. The number of rotatable bonds is 8. The molecule has 0 saturated heterocycles. The van der Waals surface area contributed by atoms with Crippen molar-refractivity contribution in [3.8, 4) is 0 Å². The lowest BCUT2D eigenvalue weighted by atomic mass is 10.1. The minimum absolute atomic E-state index is 0.459. The predicted octanol–water partition coefficient (Wildman–Crippen LogP) is 3.50. The Morgan fingerprint density at radius 1 is 1.30 bits per heavy atom. The van der Waals surface area contributed by atoms with Crippen LogP contribution in [0, 0.1) is 0 Å². The second kappa shape index (κ2) is 9.66. The number of ether oxygens (including phenoxy) is 1. The molecule has 1 aliphatic rings. The van der Waals surface area contributed by atoms with Crippen LogP contribution in [0.2, 0.25) is 0 Å². The highest BCUT2D eigenvalue weighted by Crippen LogP contribution is 2.27. The molecular formula is C22H30N6OS. The molecule has 0 radical (unpaired) electrons. The zero-order chi connectivity index (χ0) is 20.9. The lowest BCUT2D eigenvalue weighted by molar-refractivity contribution is 0.195. The van der Waals surface area contributed by atoms with Crippen molar-refractivity contribution < 1.29 is 4.74 Å². The van der Waals surface area contributed by atoms with E-state index in [4.69, 9.17) is 17.0 Å². The maximum absolute atomic E-state index is 5.81. The molecule has 1 fully saturated rings. The van der Waals surface area contributed by atoms with Crippen molar-refractivity contribution in [3.05, 3.63) is 35.4 Å². The molecule has 0 aliphatic heterocycles. The van der Waals surface area contributed by atoms with Gasteiger partial charge < -0.3 is 15.0 Å². The Labute approximate surface area is 182 Å². The first-order chi connectivity index (χ1) is 14.7. The van der Waals surface area contributed by atoms with E-state index in [0.717, 1.165) is 53.2 Å². The van der Waals surface area contributed by atoms with Gasteiger partial charge in [0.05, 0.1) is 5.52 Å². The molecule has 2 aromatic heterocycles. The smallest absolute Gasteiger partial charge is 0.184 e. The monoisotopic (exact) mass is 426 g/mol. The summed E-state index contributed by atoms with van der Waals surface area (Å²) < 4.78 is 7.01. The van der Waals surface area contributed by atoms with Crippen molar-refractivity contribution in [1.82, 2.24) is 30.3 Å². The van der Waals surface area contributed by atoms with Crippen LogP contribution in [0.15, 0.2) is 24.3 Å². The normalized spacial score (nSPS) is 14.6. The second-order valence-corrected chi connectivity index (χ2v) is 8.36. The number of methoxy groups -OCH3 is 1. The van der Waals surface area contributed by atoms with Gasteiger partial charge >= 0.3 is 0 Å². The number of pyridine rings is 1. The maximum atomic E-state index is 5.81. The molecule has 160 valence electrons. The fourth-order valence-corrected chi connectivity index (χ4v) is 4.65. The fourth-order valence-electron chi connectivity index (χ4n) is 4.33. The summed E-state index contributed by atoms with van der Waals surface area (Å²) in [5.74, 6) is 0. The topological polar surface area (TPSA) is 67.6 Å². The van der Waals surface area contributed by atoms with E-state index in [1.165, 1.54) is 31.2 Å². The molecule has 1 aliphatic carbocycles. The molecule has 0 atom stereocenters. The van der Waals surface area contributed by atoms with Gasteiger partial charge in [-0.05, 0) is 72.1 Å². The average molecular weight is 427 g/mol. The zero-order valence-corrected chi connectivity index (χ0v) is 18.6. The number of benzene rings is 1. The van der Waals surface area contributed by atoms with E-state index in [9.17, 15) is 0 Å². The molecule has 8 heteroatoms. The molecule has 1 saturated carbocycles. The molecule has 0 amide bonds. The number of thiocarbonyl (C=S) groups is 1. The standard InChI is InChI=1S/C22H30N6OS/c1-3-16-9-10-20-17(13-16)14-18(21-24-25-26-28(20)21)15-27(19-7-4-5-8-19)22(30)23-11-6-12-29-2/h9-10,13-14,19H,3-8,11-12,15H2,1-2H3,(H,23,30). The average Bonchev–Trinajstić information content (AvgIpc) is 3.46. The van der Waals surface area contributed by atoms with Crippen molar-refractivity contribution in [3.63, 3.8) is 0 Å². The lowest BCUT2D eigenvalue weighted by Crippen LogP contribution is -2.45. The molecule has 3 aromatic rings. The lowest BCUT2D eigenvalue weighted by Gasteiger charge is -2.32. The third kappa shape index (κ3) is 4.39. The molecule has 2 heterocycles. The number of nitrogens with one attached hydrogen (secondary N) is 1. The fraction of sp³-hybridized carbons (Fsp3) is 0.545. The molecule has 0 unspecified atom stereocenters. The number of hydrogen-bond acceptors (Lipinski definition) is 5. The third-order valence-corrected chi connectivity index (χ3v) is 6.36. The Kier molecular flexibility index (Phi) is 6.74. The van der Waals surface area contributed by atoms with E-state index in [-0.39, 0.29) is 0 Å². The van der Waals surface area contributed by atoms with Gasteiger partial charge in [-0.1, -0.05) is 25.8 Å². The van der Waals surface area contributed by atoms with Gasteiger partial charge in [-0.25, -0.2) is 0 Å². The van der Waals surface area contributed by atoms with Crippen molar-refractivity contribution >= 4 is 33.9 Å². The minimum Gasteiger partial charge on any atom is -0.385 e. The molecule has 4 rings (SSSR count). The van der Waals surface area contributed by atoms with E-state index in [1.54, 1.807) is 7.11 Å². The van der Waals surface area contributed by atoms with Crippen LogP contribution in [-0.2, 0) is 17.7 Å². The zero-order valence-electron chi connectivity index (χ0n) is 17.8. The van der Waals surface area contributed by atoms with Crippen LogP contribution >= 0.6 is 12.2 Å². The first-order valence-corrected chi connectivity index (χ1v) is 11.3. The summed E-state index contributed by atoms with van der Waals surface area (Å²) >= 11 is 5.81. The summed E-state index contributed by atoms with van der Waals surface area (Å²) in [5, 5.41) is 17.9. The molecule has 1 aromatic carbocycles. The largest absolute Gasteiger partial charge is 0.385 e. The van der Waals surface area contributed by atoms with Crippen LogP contribution in [0.5, 0.6) is 0 Å². The Balaban J connectivity index is 1.65. The number of nitrogens with zero attached hydrogens (tertiary/aromatic N) is 5. The Bertz CT molecular complexity index is 1010. The number of aryl methyl sites for hydroxylation is 1. The number of aromatic nitrogens is 4. The van der Waals surface area contributed by atoms with Crippen LogP contribution in [0.1, 0.15) is 50.2 Å². The van der Waals surface area contributed by atoms with Gasteiger partial charge in [-0.3, -0.25) is 0 Å². The summed E-state index contributed by atoms with van der Waals surface area (Å²) in [6, 6.07) is 9.18. The van der Waals surface area contributed by atoms with E-state index in [2.05, 4.69) is 56.9 Å². The van der Waals surface area contributed by atoms with E-state index in [1.807, 2.05) is 4.52 Å². The van der Waals surface area contributed by atoms with E-state index < -0.39 is 0 Å². The molecule has 30 heavy (non-hydrogen) atoms. The summed E-state index contributed by atoms with van der Waals surface area (Å²) in [7, 11) is 1.73. The Morgan fingerprint density at radius 2 is 2.13 bits per heavy atom. The van der Waals surface area contributed by atoms with Gasteiger partial charge in [0.15, 0.2) is 10.8 Å². The summed E-state index contributed by atoms with van der Waals surface area (Å²) in [6.07, 6.45) is 6.80. The van der Waals surface area contributed by atoms with Gasteiger partial charge in [0.1, 0.15) is 0 Å². The van der Waals surface area contributed by atoms with Gasteiger partial charge in [-0.15, -0.1) is 5.10 Å². The number of hydrogen-bond donors (Lipinski definition) is 1. The van der Waals surface area contributed by atoms with E-state index >= 15 is 0 Å². The van der Waals surface area contributed by atoms with Crippen molar-refractivity contribution in [2.75, 3.05) is 20.3 Å². The number of tetrazole rings is 1. The Hall–Kier alpha value is -2.32. The number of fused-ring (bicyclic) bond motifs is 3. The van der Waals surface area contributed by atoms with Gasteiger partial charge in [0.2, 0.25) is 0 Å². The van der Waals surface area contributed by atoms with Crippen molar-refractivity contribution in [1.29, 1.82) is 0 Å². The van der Waals surface area contributed by atoms with E-state index in [0.29, 0.717) is 12.6 Å². The quantitative estimate of drug-likeness (QED) is 0.437. The molecule has 7 nitrogen and oxygen atoms in total. The highest BCUT2D eigenvalue weighted by molar-refractivity contribution is 7.80. The van der Waals surface area contributed by atoms with Crippen LogP contribution in [0.4, 0.5) is 0 Å². The molecular weight excluding hydrogens is 396 g/mol. The van der Waals surface area contributed by atoms with Crippen molar-refractivity contribution in [2.45, 2.75) is 58.0 Å².